The Hall–Kier alpha value is -1.71. The third-order valence-electron chi connectivity index (χ3n) is 3.73. The zero-order valence-electron chi connectivity index (χ0n) is 12.0. The van der Waals surface area contributed by atoms with E-state index < -0.39 is 10.0 Å². The van der Waals surface area contributed by atoms with Crippen molar-refractivity contribution in [3.05, 3.63) is 35.0 Å². The van der Waals surface area contributed by atoms with Crippen molar-refractivity contribution >= 4 is 27.3 Å². The fourth-order valence-electron chi connectivity index (χ4n) is 2.71. The highest BCUT2D eigenvalue weighted by atomic mass is 32.2. The van der Waals surface area contributed by atoms with E-state index in [-0.39, 0.29) is 16.2 Å². The fourth-order valence-corrected chi connectivity index (χ4v) is 4.29. The summed E-state index contributed by atoms with van der Waals surface area (Å²) in [5, 5.41) is 10.8. The Kier molecular flexibility index (Phi) is 3.79. The maximum absolute atomic E-state index is 12.6. The third kappa shape index (κ3) is 2.79. The molecule has 2 aromatic heterocycles. The van der Waals surface area contributed by atoms with Crippen LogP contribution in [0.2, 0.25) is 0 Å². The van der Waals surface area contributed by atoms with Gasteiger partial charge in [-0.1, -0.05) is 0 Å². The number of hydrogen-bond donors (Lipinski definition) is 1. The van der Waals surface area contributed by atoms with Crippen LogP contribution in [-0.4, -0.2) is 35.6 Å². The highest BCUT2D eigenvalue weighted by molar-refractivity contribution is 7.91. The van der Waals surface area contributed by atoms with Gasteiger partial charge >= 0.3 is 0 Å². The predicted octanol–water partition coefficient (Wildman–Crippen LogP) is 1.11. The summed E-state index contributed by atoms with van der Waals surface area (Å²) in [5.74, 6) is -0.169. The van der Waals surface area contributed by atoms with Crippen molar-refractivity contribution in [3.8, 4) is 0 Å². The summed E-state index contributed by atoms with van der Waals surface area (Å²) >= 11 is 0.968. The largest absolute Gasteiger partial charge is 0.331 e. The first-order chi connectivity index (χ1) is 10.4. The molecular weight excluding hydrogens is 324 g/mol. The van der Waals surface area contributed by atoms with Gasteiger partial charge in [0.2, 0.25) is 10.0 Å². The Balaban J connectivity index is 1.86. The molecule has 7 nitrogen and oxygen atoms in total. The van der Waals surface area contributed by atoms with E-state index in [0.29, 0.717) is 12.1 Å². The lowest BCUT2D eigenvalue weighted by atomic mass is 10.1. The highest BCUT2D eigenvalue weighted by Gasteiger charge is 2.32. The van der Waals surface area contributed by atoms with Crippen LogP contribution < -0.4 is 5.14 Å². The molecule has 0 spiro atoms. The van der Waals surface area contributed by atoms with Crippen LogP contribution in [0.3, 0.4) is 0 Å². The minimum Gasteiger partial charge on any atom is -0.331 e. The smallest absolute Gasteiger partial charge is 0.255 e. The maximum atomic E-state index is 12.6. The molecule has 1 fully saturated rings. The average molecular weight is 340 g/mol. The van der Waals surface area contributed by atoms with E-state index in [1.165, 1.54) is 6.07 Å². The molecule has 0 aromatic carbocycles. The molecule has 1 aliphatic heterocycles. The van der Waals surface area contributed by atoms with E-state index in [1.807, 2.05) is 13.2 Å². The van der Waals surface area contributed by atoms with Gasteiger partial charge in [-0.25, -0.2) is 13.6 Å². The number of primary sulfonamides is 1. The molecule has 2 aromatic rings. The number of carbonyl (C=O) groups is 1. The molecular formula is C13H16N4O3S2. The second-order valence-corrected chi connectivity index (χ2v) is 8.00. The summed E-state index contributed by atoms with van der Waals surface area (Å²) < 4.78 is 24.4. The quantitative estimate of drug-likeness (QED) is 0.904. The molecule has 1 atom stereocenters. The predicted molar refractivity (Wildman–Crippen MR) is 81.9 cm³/mol. The fraction of sp³-hybridized carbons (Fsp3) is 0.385. The molecule has 3 heterocycles. The number of likely N-dealkylation sites (tertiary alicyclic amines) is 1. The van der Waals surface area contributed by atoms with Crippen molar-refractivity contribution in [1.29, 1.82) is 0 Å². The summed E-state index contributed by atoms with van der Waals surface area (Å²) in [5.41, 5.74) is 1.36. The summed E-state index contributed by atoms with van der Waals surface area (Å²) in [6.45, 7) is 0.652. The van der Waals surface area contributed by atoms with E-state index in [2.05, 4.69) is 5.10 Å². The summed E-state index contributed by atoms with van der Waals surface area (Å²) in [7, 11) is -1.93. The zero-order valence-corrected chi connectivity index (χ0v) is 13.6. The second-order valence-electron chi connectivity index (χ2n) is 5.30. The van der Waals surface area contributed by atoms with Crippen LogP contribution in [0.5, 0.6) is 0 Å². The van der Waals surface area contributed by atoms with Gasteiger partial charge in [-0.15, -0.1) is 11.3 Å². The van der Waals surface area contributed by atoms with Gasteiger partial charge in [-0.05, 0) is 18.9 Å². The first-order valence-electron chi connectivity index (χ1n) is 6.77. The van der Waals surface area contributed by atoms with Crippen molar-refractivity contribution in [2.24, 2.45) is 12.2 Å². The number of aryl methyl sites for hydroxylation is 1. The molecule has 9 heteroatoms. The number of nitrogens with two attached hydrogens (primary N) is 1. The number of hydrogen-bond acceptors (Lipinski definition) is 5. The minimum atomic E-state index is -3.77. The Labute approximate surface area is 132 Å². The van der Waals surface area contributed by atoms with Gasteiger partial charge in [0.15, 0.2) is 0 Å². The molecule has 0 unspecified atom stereocenters. The summed E-state index contributed by atoms with van der Waals surface area (Å²) in [6.07, 6.45) is 5.46. The number of thiophene rings is 1. The van der Waals surface area contributed by atoms with Gasteiger partial charge in [-0.3, -0.25) is 9.48 Å². The van der Waals surface area contributed by atoms with E-state index >= 15 is 0 Å². The van der Waals surface area contributed by atoms with Gasteiger partial charge in [-0.2, -0.15) is 5.10 Å². The maximum Gasteiger partial charge on any atom is 0.255 e. The Bertz CT molecular complexity index is 809. The van der Waals surface area contributed by atoms with Crippen molar-refractivity contribution in [2.45, 2.75) is 23.1 Å². The van der Waals surface area contributed by atoms with Crippen molar-refractivity contribution < 1.29 is 13.2 Å². The molecule has 2 N–H and O–H groups in total. The standard InChI is InChI=1S/C13H16N4O3S2/c1-16-7-10(6-15-16)11-3-2-4-17(11)13(18)9-5-12(21-8-9)22(14,19)20/h5-8,11H,2-4H2,1H3,(H2,14,19,20)/t11-/m0/s1. The zero-order chi connectivity index (χ0) is 15.9. The molecule has 1 aliphatic rings. The van der Waals surface area contributed by atoms with Crippen LogP contribution in [0.15, 0.2) is 28.0 Å². The molecule has 3 rings (SSSR count). The normalized spacial score (nSPS) is 18.8. The van der Waals surface area contributed by atoms with Crippen LogP contribution in [0.1, 0.15) is 34.8 Å². The van der Waals surface area contributed by atoms with E-state index in [9.17, 15) is 13.2 Å². The topological polar surface area (TPSA) is 98.3 Å². The van der Waals surface area contributed by atoms with Crippen LogP contribution >= 0.6 is 11.3 Å². The number of amides is 1. The van der Waals surface area contributed by atoms with Crippen molar-refractivity contribution in [2.75, 3.05) is 6.54 Å². The lowest BCUT2D eigenvalue weighted by Crippen LogP contribution is -2.30. The van der Waals surface area contributed by atoms with Gasteiger partial charge in [0.25, 0.3) is 5.91 Å². The number of nitrogens with zero attached hydrogens (tertiary/aromatic N) is 3. The van der Waals surface area contributed by atoms with Gasteiger partial charge in [0.1, 0.15) is 4.21 Å². The Morgan fingerprint density at radius 1 is 1.50 bits per heavy atom. The number of rotatable bonds is 3. The Morgan fingerprint density at radius 2 is 2.27 bits per heavy atom. The summed E-state index contributed by atoms with van der Waals surface area (Å²) in [6, 6.07) is 1.33. The number of carbonyl (C=O) groups excluding carboxylic acids is 1. The lowest BCUT2D eigenvalue weighted by molar-refractivity contribution is 0.0736. The molecule has 0 aliphatic carbocycles. The van der Waals surface area contributed by atoms with Gasteiger partial charge < -0.3 is 4.90 Å². The van der Waals surface area contributed by atoms with Crippen LogP contribution in [0.25, 0.3) is 0 Å². The first kappa shape index (κ1) is 15.2. The molecule has 0 bridgehead atoms. The minimum absolute atomic E-state index is 0.00738. The molecule has 1 saturated heterocycles. The molecule has 0 saturated carbocycles. The molecule has 1 amide bonds. The Morgan fingerprint density at radius 3 is 2.86 bits per heavy atom. The van der Waals surface area contributed by atoms with E-state index in [4.69, 9.17) is 5.14 Å². The van der Waals surface area contributed by atoms with Crippen molar-refractivity contribution in [3.63, 3.8) is 0 Å². The SMILES string of the molecule is Cn1cc([C@@H]2CCCN2C(=O)c2csc(S(N)(=O)=O)c2)cn1. The van der Waals surface area contributed by atoms with Crippen LogP contribution in [-0.2, 0) is 17.1 Å². The highest BCUT2D eigenvalue weighted by Crippen LogP contribution is 2.33. The second kappa shape index (κ2) is 5.49. The lowest BCUT2D eigenvalue weighted by Gasteiger charge is -2.23. The van der Waals surface area contributed by atoms with Crippen molar-refractivity contribution in [1.82, 2.24) is 14.7 Å². The molecule has 0 radical (unpaired) electrons. The van der Waals surface area contributed by atoms with Gasteiger partial charge in [0.05, 0.1) is 17.8 Å². The number of aromatic nitrogens is 2. The first-order valence-corrected chi connectivity index (χ1v) is 9.20. The number of sulfonamides is 1. The molecule has 22 heavy (non-hydrogen) atoms. The average Bonchev–Trinajstić information content (AvgIpc) is 3.16. The monoisotopic (exact) mass is 340 g/mol. The molecule has 118 valence electrons. The van der Waals surface area contributed by atoms with Gasteiger partial charge in [0, 0.05) is 30.7 Å². The van der Waals surface area contributed by atoms with Crippen LogP contribution in [0, 0.1) is 0 Å². The van der Waals surface area contributed by atoms with E-state index in [0.717, 1.165) is 29.7 Å². The summed E-state index contributed by atoms with van der Waals surface area (Å²) in [4.78, 5) is 14.4. The van der Waals surface area contributed by atoms with Crippen LogP contribution in [0.4, 0.5) is 0 Å². The third-order valence-corrected chi connectivity index (χ3v) is 6.11. The van der Waals surface area contributed by atoms with E-state index in [1.54, 1.807) is 21.2 Å².